The third-order valence-corrected chi connectivity index (χ3v) is 4.00. The van der Waals surface area contributed by atoms with Gasteiger partial charge in [-0.15, -0.1) is 0 Å². The molecule has 0 amide bonds. The summed E-state index contributed by atoms with van der Waals surface area (Å²) in [5.41, 5.74) is 1.96. The quantitative estimate of drug-likeness (QED) is 0.590. The lowest BCUT2D eigenvalue weighted by atomic mass is 9.89. The summed E-state index contributed by atoms with van der Waals surface area (Å²) < 4.78 is 5.89. The van der Waals surface area contributed by atoms with E-state index >= 15 is 0 Å². The van der Waals surface area contributed by atoms with E-state index < -0.39 is 0 Å². The van der Waals surface area contributed by atoms with Gasteiger partial charge in [-0.1, -0.05) is 25.4 Å². The van der Waals surface area contributed by atoms with E-state index in [1.54, 1.807) is 0 Å². The molecule has 0 fully saturated rings. The second-order valence-corrected chi connectivity index (χ2v) is 7.00. The Kier molecular flexibility index (Phi) is 6.55. The normalized spacial score (nSPS) is 11.5. The molecule has 1 aromatic rings. The lowest BCUT2D eigenvalue weighted by molar-refractivity contribution is 0.293. The monoisotopic (exact) mass is 307 g/mol. The van der Waals surface area contributed by atoms with Gasteiger partial charge in [0.2, 0.25) is 0 Å². The van der Waals surface area contributed by atoms with Crippen LogP contribution in [0.2, 0.25) is 5.02 Å². The van der Waals surface area contributed by atoms with Crippen LogP contribution in [0.25, 0.3) is 0 Å². The molecule has 0 aliphatic heterocycles. The maximum absolute atomic E-state index is 8.98. The Bertz CT molecular complexity index is 515. The number of ether oxygens (including phenoxy) is 1. The van der Waals surface area contributed by atoms with Gasteiger partial charge >= 0.3 is 0 Å². The van der Waals surface area contributed by atoms with Crippen LogP contribution in [-0.4, -0.2) is 6.61 Å². The molecule has 0 atom stereocenters. The molecule has 0 heterocycles. The number of hydrogen-bond donors (Lipinski definition) is 0. The summed E-state index contributed by atoms with van der Waals surface area (Å²) in [5.74, 6) is 1.31. The third kappa shape index (κ3) is 5.59. The molecule has 0 saturated heterocycles. The molecular weight excluding hydrogens is 282 g/mol. The van der Waals surface area contributed by atoms with Gasteiger partial charge in [-0.2, -0.15) is 5.26 Å². The minimum absolute atomic E-state index is 0.235. The first kappa shape index (κ1) is 17.9. The zero-order valence-corrected chi connectivity index (χ0v) is 14.5. The highest BCUT2D eigenvalue weighted by Gasteiger charge is 2.15. The van der Waals surface area contributed by atoms with Crippen LogP contribution in [0.15, 0.2) is 12.1 Å². The average Bonchev–Trinajstić information content (AvgIpc) is 2.40. The van der Waals surface area contributed by atoms with E-state index in [0.29, 0.717) is 12.5 Å². The predicted octanol–water partition coefficient (Wildman–Crippen LogP) is 5.87. The largest absolute Gasteiger partial charge is 0.493 e. The maximum Gasteiger partial charge on any atom is 0.122 e. The van der Waals surface area contributed by atoms with E-state index in [1.807, 2.05) is 26.8 Å². The summed E-state index contributed by atoms with van der Waals surface area (Å²) in [6.45, 7) is 10.9. The van der Waals surface area contributed by atoms with Crippen LogP contribution in [0.4, 0.5) is 0 Å². The molecule has 0 aliphatic carbocycles. The van der Waals surface area contributed by atoms with Crippen molar-refractivity contribution in [2.45, 2.75) is 59.8 Å². The summed E-state index contributed by atoms with van der Waals surface area (Å²) in [7, 11) is 0. The minimum atomic E-state index is -0.235. The smallest absolute Gasteiger partial charge is 0.122 e. The van der Waals surface area contributed by atoms with Crippen molar-refractivity contribution in [2.75, 3.05) is 6.61 Å². The van der Waals surface area contributed by atoms with Crippen LogP contribution in [0.3, 0.4) is 0 Å². The van der Waals surface area contributed by atoms with Gasteiger partial charge in [0, 0.05) is 5.02 Å². The van der Waals surface area contributed by atoms with Gasteiger partial charge in [0.1, 0.15) is 5.75 Å². The Morgan fingerprint density at radius 1 is 1.29 bits per heavy atom. The van der Waals surface area contributed by atoms with Crippen molar-refractivity contribution in [1.82, 2.24) is 0 Å². The van der Waals surface area contributed by atoms with Crippen LogP contribution < -0.4 is 4.74 Å². The number of hydrogen-bond acceptors (Lipinski definition) is 2. The second kappa shape index (κ2) is 7.71. The number of rotatable bonds is 7. The van der Waals surface area contributed by atoms with Gasteiger partial charge in [-0.3, -0.25) is 0 Å². The Balaban J connectivity index is 2.53. The topological polar surface area (TPSA) is 33.0 Å². The molecular formula is C18H26ClNO. The molecule has 0 aliphatic rings. The van der Waals surface area contributed by atoms with Crippen molar-refractivity contribution >= 4 is 11.6 Å². The lowest BCUT2D eigenvalue weighted by Gasteiger charge is -2.16. The van der Waals surface area contributed by atoms with Crippen LogP contribution in [-0.2, 0) is 0 Å². The molecule has 0 aromatic heterocycles. The van der Waals surface area contributed by atoms with Gasteiger partial charge < -0.3 is 4.74 Å². The molecule has 0 radical (unpaired) electrons. The number of aryl methyl sites for hydroxylation is 1. The fourth-order valence-electron chi connectivity index (χ4n) is 2.17. The van der Waals surface area contributed by atoms with Gasteiger partial charge in [0.05, 0.1) is 18.1 Å². The Labute approximate surface area is 134 Å². The fourth-order valence-corrected chi connectivity index (χ4v) is 2.61. The van der Waals surface area contributed by atoms with Crippen molar-refractivity contribution in [1.29, 1.82) is 5.26 Å². The molecule has 1 rings (SSSR count). The minimum Gasteiger partial charge on any atom is -0.493 e. The van der Waals surface area contributed by atoms with Gasteiger partial charge in [0.25, 0.3) is 0 Å². The number of halogens is 1. The first-order chi connectivity index (χ1) is 9.76. The highest BCUT2D eigenvalue weighted by Crippen LogP contribution is 2.31. The molecule has 3 heteroatoms. The van der Waals surface area contributed by atoms with Crippen molar-refractivity contribution in [2.24, 2.45) is 5.41 Å². The van der Waals surface area contributed by atoms with E-state index in [1.165, 1.54) is 0 Å². The Morgan fingerprint density at radius 3 is 2.52 bits per heavy atom. The Morgan fingerprint density at radius 2 is 1.95 bits per heavy atom. The molecule has 116 valence electrons. The highest BCUT2D eigenvalue weighted by molar-refractivity contribution is 6.31. The van der Waals surface area contributed by atoms with E-state index in [2.05, 4.69) is 26.0 Å². The van der Waals surface area contributed by atoms with Crippen LogP contribution in [0.5, 0.6) is 5.75 Å². The summed E-state index contributed by atoms with van der Waals surface area (Å²) in [4.78, 5) is 0. The summed E-state index contributed by atoms with van der Waals surface area (Å²) in [5, 5.41) is 9.79. The maximum atomic E-state index is 8.98. The SMILES string of the molecule is Cc1cc(Cl)c(C(C)C)cc1OCCCCC(C)(C)C#N. The first-order valence-corrected chi connectivity index (χ1v) is 7.98. The first-order valence-electron chi connectivity index (χ1n) is 7.61. The van der Waals surface area contributed by atoms with E-state index in [4.69, 9.17) is 21.6 Å². The van der Waals surface area contributed by atoms with Gasteiger partial charge in [-0.05, 0) is 69.2 Å². The number of nitrogens with zero attached hydrogens (tertiary/aromatic N) is 1. The van der Waals surface area contributed by atoms with Crippen molar-refractivity contribution < 1.29 is 4.74 Å². The standard InChI is InChI=1S/C18H26ClNO/c1-13(2)15-11-17(14(3)10-16(15)19)21-9-7-6-8-18(4,5)12-20/h10-11,13H,6-9H2,1-5H3. The summed E-state index contributed by atoms with van der Waals surface area (Å²) >= 11 is 6.26. The van der Waals surface area contributed by atoms with E-state index in [-0.39, 0.29) is 5.41 Å². The predicted molar refractivity (Wildman–Crippen MR) is 89.0 cm³/mol. The molecule has 0 spiro atoms. The second-order valence-electron chi connectivity index (χ2n) is 6.60. The number of benzene rings is 1. The fraction of sp³-hybridized carbons (Fsp3) is 0.611. The molecule has 1 aromatic carbocycles. The zero-order chi connectivity index (χ0) is 16.0. The van der Waals surface area contributed by atoms with Gasteiger partial charge in [-0.25, -0.2) is 0 Å². The van der Waals surface area contributed by atoms with Crippen LogP contribution in [0.1, 0.15) is 64.0 Å². The molecule has 0 N–H and O–H groups in total. The zero-order valence-electron chi connectivity index (χ0n) is 13.8. The average molecular weight is 308 g/mol. The molecule has 2 nitrogen and oxygen atoms in total. The number of unbranched alkanes of at least 4 members (excludes halogenated alkanes) is 1. The van der Waals surface area contributed by atoms with Crippen LogP contribution >= 0.6 is 11.6 Å². The lowest BCUT2D eigenvalue weighted by Crippen LogP contribution is -2.08. The van der Waals surface area contributed by atoms with Crippen LogP contribution in [0, 0.1) is 23.7 Å². The number of nitriles is 1. The van der Waals surface area contributed by atoms with E-state index in [0.717, 1.165) is 41.2 Å². The molecule has 0 unspecified atom stereocenters. The molecule has 21 heavy (non-hydrogen) atoms. The molecule has 0 saturated carbocycles. The van der Waals surface area contributed by atoms with Crippen molar-refractivity contribution in [3.63, 3.8) is 0 Å². The van der Waals surface area contributed by atoms with Gasteiger partial charge in [0.15, 0.2) is 0 Å². The summed E-state index contributed by atoms with van der Waals surface area (Å²) in [6.07, 6.45) is 2.87. The summed E-state index contributed by atoms with van der Waals surface area (Å²) in [6, 6.07) is 6.36. The highest BCUT2D eigenvalue weighted by atomic mass is 35.5. The molecule has 0 bridgehead atoms. The van der Waals surface area contributed by atoms with Crippen molar-refractivity contribution in [3.8, 4) is 11.8 Å². The third-order valence-electron chi connectivity index (χ3n) is 3.67. The van der Waals surface area contributed by atoms with E-state index in [9.17, 15) is 0 Å². The van der Waals surface area contributed by atoms with Crippen molar-refractivity contribution in [3.05, 3.63) is 28.3 Å². The Hall–Kier alpha value is -1.20.